The molecular formula is C16H22N4. The molecule has 2 heterocycles. The zero-order chi connectivity index (χ0) is 14.5. The molecule has 0 saturated carbocycles. The van der Waals surface area contributed by atoms with E-state index in [-0.39, 0.29) is 0 Å². The Bertz CT molecular complexity index is 578. The van der Waals surface area contributed by atoms with Crippen LogP contribution in [-0.2, 0) is 13.0 Å². The van der Waals surface area contributed by atoms with E-state index in [0.717, 1.165) is 29.5 Å². The fraction of sp³-hybridized carbons (Fsp3) is 0.438. The van der Waals surface area contributed by atoms with Gasteiger partial charge >= 0.3 is 0 Å². The summed E-state index contributed by atoms with van der Waals surface area (Å²) >= 11 is 0. The molecule has 0 aliphatic carbocycles. The van der Waals surface area contributed by atoms with Gasteiger partial charge in [-0.3, -0.25) is 4.98 Å². The largest absolute Gasteiger partial charge is 0.364 e. The Kier molecular flexibility index (Phi) is 4.66. The van der Waals surface area contributed by atoms with E-state index in [1.807, 2.05) is 25.3 Å². The van der Waals surface area contributed by atoms with E-state index >= 15 is 0 Å². The minimum Gasteiger partial charge on any atom is -0.364 e. The van der Waals surface area contributed by atoms with Gasteiger partial charge in [0.05, 0.1) is 12.2 Å². The van der Waals surface area contributed by atoms with Gasteiger partial charge < -0.3 is 5.32 Å². The molecule has 0 bridgehead atoms. The predicted octanol–water partition coefficient (Wildman–Crippen LogP) is 3.48. The fourth-order valence-corrected chi connectivity index (χ4v) is 2.07. The van der Waals surface area contributed by atoms with Gasteiger partial charge in [-0.2, -0.15) is 0 Å². The third-order valence-electron chi connectivity index (χ3n) is 3.19. The van der Waals surface area contributed by atoms with Crippen molar-refractivity contribution in [1.29, 1.82) is 0 Å². The first kappa shape index (κ1) is 14.4. The van der Waals surface area contributed by atoms with Crippen molar-refractivity contribution in [3.05, 3.63) is 47.2 Å². The van der Waals surface area contributed by atoms with Crippen LogP contribution in [0.15, 0.2) is 24.4 Å². The highest BCUT2D eigenvalue weighted by Crippen LogP contribution is 2.15. The Balaban J connectivity index is 2.14. The lowest BCUT2D eigenvalue weighted by Crippen LogP contribution is -2.09. The molecule has 20 heavy (non-hydrogen) atoms. The molecule has 0 fully saturated rings. The number of aromatic nitrogens is 3. The zero-order valence-corrected chi connectivity index (χ0v) is 12.6. The summed E-state index contributed by atoms with van der Waals surface area (Å²) in [5.41, 5.74) is 3.34. The van der Waals surface area contributed by atoms with Crippen molar-refractivity contribution in [1.82, 2.24) is 15.0 Å². The Morgan fingerprint density at radius 2 is 2.05 bits per heavy atom. The normalized spacial score (nSPS) is 10.8. The Hall–Kier alpha value is -1.97. The average Bonchev–Trinajstić information content (AvgIpc) is 2.44. The van der Waals surface area contributed by atoms with Crippen molar-refractivity contribution >= 4 is 5.82 Å². The number of hydrogen-bond donors (Lipinski definition) is 1. The second-order valence-corrected chi connectivity index (χ2v) is 5.22. The Morgan fingerprint density at radius 1 is 1.25 bits per heavy atom. The van der Waals surface area contributed by atoms with Crippen LogP contribution in [0.25, 0.3) is 0 Å². The molecule has 0 amide bonds. The van der Waals surface area contributed by atoms with Gasteiger partial charge in [-0.05, 0) is 25.0 Å². The highest BCUT2D eigenvalue weighted by molar-refractivity contribution is 5.37. The Morgan fingerprint density at radius 3 is 2.75 bits per heavy atom. The molecule has 4 heteroatoms. The monoisotopic (exact) mass is 270 g/mol. The number of nitrogens with zero attached hydrogens (tertiary/aromatic N) is 3. The standard InChI is InChI=1S/C16H22N4/c1-5-13-7-6-8-17-14(13)10-18-15-9-12(4)19-16(20-15)11(2)3/h6-9,11H,5,10H2,1-4H3,(H,18,19,20). The summed E-state index contributed by atoms with van der Waals surface area (Å²) < 4.78 is 0. The fourth-order valence-electron chi connectivity index (χ4n) is 2.07. The summed E-state index contributed by atoms with van der Waals surface area (Å²) in [6.07, 6.45) is 2.83. The third kappa shape index (κ3) is 3.53. The van der Waals surface area contributed by atoms with Gasteiger partial charge in [-0.1, -0.05) is 26.8 Å². The molecule has 0 spiro atoms. The van der Waals surface area contributed by atoms with Crippen LogP contribution in [0, 0.1) is 6.92 Å². The van der Waals surface area contributed by atoms with Crippen LogP contribution in [0.2, 0.25) is 0 Å². The van der Waals surface area contributed by atoms with E-state index < -0.39 is 0 Å². The van der Waals surface area contributed by atoms with E-state index in [1.165, 1.54) is 5.56 Å². The van der Waals surface area contributed by atoms with Gasteiger partial charge in [0, 0.05) is 23.9 Å². The summed E-state index contributed by atoms with van der Waals surface area (Å²) in [6, 6.07) is 6.07. The SMILES string of the molecule is CCc1cccnc1CNc1cc(C)nc(C(C)C)n1. The van der Waals surface area contributed by atoms with E-state index in [0.29, 0.717) is 12.5 Å². The first-order valence-electron chi connectivity index (χ1n) is 7.12. The maximum atomic E-state index is 4.55. The summed E-state index contributed by atoms with van der Waals surface area (Å²) in [4.78, 5) is 13.4. The molecule has 4 nitrogen and oxygen atoms in total. The number of anilines is 1. The molecule has 0 saturated heterocycles. The molecule has 0 atom stereocenters. The van der Waals surface area contributed by atoms with Crippen LogP contribution in [0.3, 0.4) is 0 Å². The van der Waals surface area contributed by atoms with Crippen LogP contribution in [0.1, 0.15) is 49.5 Å². The van der Waals surface area contributed by atoms with Gasteiger partial charge in [-0.25, -0.2) is 9.97 Å². The van der Waals surface area contributed by atoms with Crippen molar-refractivity contribution in [2.24, 2.45) is 0 Å². The van der Waals surface area contributed by atoms with E-state index in [9.17, 15) is 0 Å². The van der Waals surface area contributed by atoms with Crippen molar-refractivity contribution in [3.8, 4) is 0 Å². The quantitative estimate of drug-likeness (QED) is 0.903. The van der Waals surface area contributed by atoms with Crippen LogP contribution in [0.5, 0.6) is 0 Å². The van der Waals surface area contributed by atoms with Gasteiger partial charge in [0.15, 0.2) is 0 Å². The lowest BCUT2D eigenvalue weighted by atomic mass is 10.1. The van der Waals surface area contributed by atoms with E-state index in [2.05, 4.69) is 47.1 Å². The highest BCUT2D eigenvalue weighted by atomic mass is 15.0. The number of nitrogens with one attached hydrogen (secondary N) is 1. The van der Waals surface area contributed by atoms with Gasteiger partial charge in [-0.15, -0.1) is 0 Å². The number of pyridine rings is 1. The molecular weight excluding hydrogens is 248 g/mol. The molecule has 0 unspecified atom stereocenters. The minimum absolute atomic E-state index is 0.330. The summed E-state index contributed by atoms with van der Waals surface area (Å²) in [5.74, 6) is 2.08. The summed E-state index contributed by atoms with van der Waals surface area (Å²) in [6.45, 7) is 9.04. The van der Waals surface area contributed by atoms with Gasteiger partial charge in [0.25, 0.3) is 0 Å². The lowest BCUT2D eigenvalue weighted by molar-refractivity contribution is 0.766. The second-order valence-electron chi connectivity index (χ2n) is 5.22. The van der Waals surface area contributed by atoms with Crippen molar-refractivity contribution in [3.63, 3.8) is 0 Å². The maximum absolute atomic E-state index is 4.55. The molecule has 0 aliphatic heterocycles. The predicted molar refractivity (Wildman–Crippen MR) is 81.8 cm³/mol. The number of rotatable bonds is 5. The topological polar surface area (TPSA) is 50.7 Å². The molecule has 0 radical (unpaired) electrons. The Labute approximate surface area is 120 Å². The molecule has 1 N–H and O–H groups in total. The molecule has 106 valence electrons. The molecule has 2 rings (SSSR count). The van der Waals surface area contributed by atoms with Crippen molar-refractivity contribution in [2.45, 2.75) is 46.6 Å². The number of aryl methyl sites for hydroxylation is 2. The van der Waals surface area contributed by atoms with E-state index in [4.69, 9.17) is 0 Å². The zero-order valence-electron chi connectivity index (χ0n) is 12.6. The molecule has 0 aliphatic rings. The van der Waals surface area contributed by atoms with Crippen LogP contribution < -0.4 is 5.32 Å². The van der Waals surface area contributed by atoms with Crippen molar-refractivity contribution < 1.29 is 0 Å². The second kappa shape index (κ2) is 6.46. The smallest absolute Gasteiger partial charge is 0.133 e. The van der Waals surface area contributed by atoms with Crippen molar-refractivity contribution in [2.75, 3.05) is 5.32 Å². The van der Waals surface area contributed by atoms with Crippen LogP contribution in [-0.4, -0.2) is 15.0 Å². The molecule has 0 aromatic carbocycles. The first-order chi connectivity index (χ1) is 9.60. The summed E-state index contributed by atoms with van der Waals surface area (Å²) in [5, 5.41) is 3.36. The average molecular weight is 270 g/mol. The minimum atomic E-state index is 0.330. The van der Waals surface area contributed by atoms with Gasteiger partial charge in [0.1, 0.15) is 11.6 Å². The molecule has 2 aromatic heterocycles. The third-order valence-corrected chi connectivity index (χ3v) is 3.19. The highest BCUT2D eigenvalue weighted by Gasteiger charge is 2.07. The maximum Gasteiger partial charge on any atom is 0.133 e. The first-order valence-corrected chi connectivity index (χ1v) is 7.12. The van der Waals surface area contributed by atoms with Crippen LogP contribution in [0.4, 0.5) is 5.82 Å². The number of hydrogen-bond acceptors (Lipinski definition) is 4. The van der Waals surface area contributed by atoms with E-state index in [1.54, 1.807) is 0 Å². The molecule has 2 aromatic rings. The van der Waals surface area contributed by atoms with Crippen LogP contribution >= 0.6 is 0 Å². The lowest BCUT2D eigenvalue weighted by Gasteiger charge is -2.11. The van der Waals surface area contributed by atoms with Gasteiger partial charge in [0.2, 0.25) is 0 Å². The summed E-state index contributed by atoms with van der Waals surface area (Å²) in [7, 11) is 0.